The van der Waals surface area contributed by atoms with Crippen molar-refractivity contribution in [3.8, 4) is 0 Å². The third-order valence-electron chi connectivity index (χ3n) is 2.76. The molecular weight excluding hydrogens is 362 g/mol. The quantitative estimate of drug-likeness (QED) is 0.839. The van der Waals surface area contributed by atoms with Crippen LogP contribution >= 0.6 is 15.9 Å². The van der Waals surface area contributed by atoms with Crippen molar-refractivity contribution in [2.45, 2.75) is 18.1 Å². The molecule has 1 aromatic carbocycles. The predicted molar refractivity (Wildman–Crippen MR) is 78.5 cm³/mol. The lowest BCUT2D eigenvalue weighted by Gasteiger charge is -2.13. The number of rotatable bonds is 5. The van der Waals surface area contributed by atoms with Gasteiger partial charge in [-0.25, -0.2) is 17.9 Å². The second-order valence-corrected chi connectivity index (χ2v) is 6.88. The van der Waals surface area contributed by atoms with E-state index in [4.69, 9.17) is 9.52 Å². The molecule has 1 aromatic heterocycles. The van der Waals surface area contributed by atoms with Gasteiger partial charge in [-0.15, -0.1) is 0 Å². The van der Waals surface area contributed by atoms with Crippen molar-refractivity contribution >= 4 is 31.9 Å². The highest BCUT2D eigenvalue weighted by atomic mass is 79.9. The second-order valence-electron chi connectivity index (χ2n) is 4.32. The van der Waals surface area contributed by atoms with Crippen molar-refractivity contribution in [2.75, 3.05) is 0 Å². The van der Waals surface area contributed by atoms with E-state index in [9.17, 15) is 13.2 Å². The van der Waals surface area contributed by atoms with Crippen LogP contribution < -0.4 is 4.72 Å². The summed E-state index contributed by atoms with van der Waals surface area (Å²) in [4.78, 5) is 10.7. The third kappa shape index (κ3) is 3.72. The maximum Gasteiger partial charge on any atom is 0.371 e. The fourth-order valence-corrected chi connectivity index (χ4v) is 3.12. The van der Waals surface area contributed by atoms with Gasteiger partial charge in [-0.1, -0.05) is 28.1 Å². The monoisotopic (exact) mass is 373 g/mol. The highest BCUT2D eigenvalue weighted by Crippen LogP contribution is 2.20. The lowest BCUT2D eigenvalue weighted by Crippen LogP contribution is -2.26. The van der Waals surface area contributed by atoms with Crippen molar-refractivity contribution in [2.24, 2.45) is 0 Å². The molecule has 2 aromatic rings. The number of sulfonamides is 1. The third-order valence-corrected chi connectivity index (χ3v) is 4.70. The molecule has 6 nitrogen and oxygen atoms in total. The molecule has 0 saturated carbocycles. The van der Waals surface area contributed by atoms with Crippen LogP contribution in [0.1, 0.15) is 29.1 Å². The Kier molecular flexibility index (Phi) is 4.50. The van der Waals surface area contributed by atoms with Crippen molar-refractivity contribution in [3.05, 3.63) is 52.2 Å². The zero-order chi connectivity index (χ0) is 15.6. The standard InChI is InChI=1S/C13H12BrNO5S/c1-8(9-2-4-10(14)5-3-9)15-21(18,19)12-7-6-11(20-12)13(16)17/h2-8,15H,1H3,(H,16,17)/t8-/m1/s1. The van der Waals surface area contributed by atoms with Crippen LogP contribution in [0.3, 0.4) is 0 Å². The van der Waals surface area contributed by atoms with E-state index in [-0.39, 0.29) is 0 Å². The van der Waals surface area contributed by atoms with E-state index in [0.717, 1.165) is 22.2 Å². The summed E-state index contributed by atoms with van der Waals surface area (Å²) < 4.78 is 32.3. The summed E-state index contributed by atoms with van der Waals surface area (Å²) in [5.74, 6) is -1.75. The molecule has 8 heteroatoms. The van der Waals surface area contributed by atoms with Crippen LogP contribution in [-0.4, -0.2) is 19.5 Å². The van der Waals surface area contributed by atoms with Gasteiger partial charge in [-0.05, 0) is 36.8 Å². The number of furan rings is 1. The van der Waals surface area contributed by atoms with Crippen LogP contribution in [0.25, 0.3) is 0 Å². The Morgan fingerprint density at radius 1 is 1.24 bits per heavy atom. The molecule has 0 bridgehead atoms. The summed E-state index contributed by atoms with van der Waals surface area (Å²) in [6, 6.07) is 8.89. The van der Waals surface area contributed by atoms with Crippen molar-refractivity contribution in [1.29, 1.82) is 0 Å². The Bertz CT molecular complexity index is 751. The minimum atomic E-state index is -3.92. The molecule has 2 rings (SSSR count). The molecule has 0 aliphatic heterocycles. The molecule has 0 aliphatic carbocycles. The first-order valence-corrected chi connectivity index (χ1v) is 8.18. The molecule has 0 radical (unpaired) electrons. The summed E-state index contributed by atoms with van der Waals surface area (Å²) in [6.07, 6.45) is 0. The minimum Gasteiger partial charge on any atom is -0.475 e. The highest BCUT2D eigenvalue weighted by Gasteiger charge is 2.23. The normalized spacial score (nSPS) is 13.0. The maximum atomic E-state index is 12.1. The summed E-state index contributed by atoms with van der Waals surface area (Å²) in [7, 11) is -3.92. The molecule has 21 heavy (non-hydrogen) atoms. The number of hydrogen-bond donors (Lipinski definition) is 2. The molecular formula is C13H12BrNO5S. The van der Waals surface area contributed by atoms with E-state index in [1.54, 1.807) is 31.2 Å². The van der Waals surface area contributed by atoms with Crippen LogP contribution in [0.2, 0.25) is 0 Å². The van der Waals surface area contributed by atoms with Crippen LogP contribution in [0.4, 0.5) is 0 Å². The molecule has 0 fully saturated rings. The largest absolute Gasteiger partial charge is 0.475 e. The predicted octanol–water partition coefficient (Wildman–Crippen LogP) is 2.78. The maximum absolute atomic E-state index is 12.1. The summed E-state index contributed by atoms with van der Waals surface area (Å²) >= 11 is 3.30. The lowest BCUT2D eigenvalue weighted by atomic mass is 10.1. The van der Waals surface area contributed by atoms with E-state index in [0.29, 0.717) is 0 Å². The van der Waals surface area contributed by atoms with Crippen LogP contribution in [0.15, 0.2) is 50.4 Å². The molecule has 0 aliphatic rings. The Labute approximate surface area is 130 Å². The molecule has 0 amide bonds. The Morgan fingerprint density at radius 3 is 2.38 bits per heavy atom. The number of aromatic carboxylic acids is 1. The SMILES string of the molecule is C[C@@H](NS(=O)(=O)c1ccc(C(=O)O)o1)c1ccc(Br)cc1. The summed E-state index contributed by atoms with van der Waals surface area (Å²) in [6.45, 7) is 1.68. The van der Waals surface area contributed by atoms with Gasteiger partial charge in [0.05, 0.1) is 0 Å². The second kappa shape index (κ2) is 6.00. The van der Waals surface area contributed by atoms with Gasteiger partial charge in [0.1, 0.15) is 0 Å². The van der Waals surface area contributed by atoms with Gasteiger partial charge in [-0.2, -0.15) is 0 Å². The first-order chi connectivity index (χ1) is 9.79. The van der Waals surface area contributed by atoms with Crippen LogP contribution in [0.5, 0.6) is 0 Å². The van der Waals surface area contributed by atoms with Crippen LogP contribution in [0, 0.1) is 0 Å². The van der Waals surface area contributed by atoms with Crippen molar-refractivity contribution in [1.82, 2.24) is 4.72 Å². The molecule has 2 N–H and O–H groups in total. The number of carboxylic acids is 1. The van der Waals surface area contributed by atoms with E-state index >= 15 is 0 Å². The number of carbonyl (C=O) groups is 1. The van der Waals surface area contributed by atoms with E-state index in [1.807, 2.05) is 0 Å². The molecule has 0 spiro atoms. The van der Waals surface area contributed by atoms with Gasteiger partial charge < -0.3 is 9.52 Å². The zero-order valence-electron chi connectivity index (χ0n) is 10.9. The number of hydrogen-bond acceptors (Lipinski definition) is 4. The number of nitrogens with one attached hydrogen (secondary N) is 1. The minimum absolute atomic E-state index is 0.424. The lowest BCUT2D eigenvalue weighted by molar-refractivity contribution is 0.0656. The summed E-state index contributed by atoms with van der Waals surface area (Å²) in [5.41, 5.74) is 0.770. The fourth-order valence-electron chi connectivity index (χ4n) is 1.69. The van der Waals surface area contributed by atoms with E-state index < -0.39 is 32.9 Å². The highest BCUT2D eigenvalue weighted by molar-refractivity contribution is 9.10. The number of carboxylic acid groups (broad SMARTS) is 1. The van der Waals surface area contributed by atoms with E-state index in [1.165, 1.54) is 0 Å². The van der Waals surface area contributed by atoms with Crippen LogP contribution in [-0.2, 0) is 10.0 Å². The topological polar surface area (TPSA) is 96.6 Å². The van der Waals surface area contributed by atoms with E-state index in [2.05, 4.69) is 20.7 Å². The van der Waals surface area contributed by atoms with Gasteiger partial charge in [0.15, 0.2) is 0 Å². The molecule has 112 valence electrons. The molecule has 0 unspecified atom stereocenters. The first kappa shape index (κ1) is 15.7. The van der Waals surface area contributed by atoms with Crippen molar-refractivity contribution in [3.63, 3.8) is 0 Å². The average Bonchev–Trinajstić information content (AvgIpc) is 2.89. The van der Waals surface area contributed by atoms with Gasteiger partial charge in [-0.3, -0.25) is 0 Å². The number of benzene rings is 1. The van der Waals surface area contributed by atoms with Gasteiger partial charge in [0.25, 0.3) is 10.0 Å². The first-order valence-electron chi connectivity index (χ1n) is 5.90. The molecule has 1 atom stereocenters. The molecule has 0 saturated heterocycles. The Morgan fingerprint density at radius 2 is 1.86 bits per heavy atom. The number of halogens is 1. The molecule has 1 heterocycles. The average molecular weight is 374 g/mol. The van der Waals surface area contributed by atoms with Crippen molar-refractivity contribution < 1.29 is 22.7 Å². The van der Waals surface area contributed by atoms with Gasteiger partial charge >= 0.3 is 5.97 Å². The summed E-state index contributed by atoms with van der Waals surface area (Å²) in [5, 5.41) is 8.31. The fraction of sp³-hybridized carbons (Fsp3) is 0.154. The van der Waals surface area contributed by atoms with Gasteiger partial charge in [0.2, 0.25) is 10.9 Å². The zero-order valence-corrected chi connectivity index (χ0v) is 13.3. The Hall–Kier alpha value is -1.64. The smallest absolute Gasteiger partial charge is 0.371 e. The van der Waals surface area contributed by atoms with Gasteiger partial charge in [0, 0.05) is 10.5 Å². The Balaban J connectivity index is 2.20.